The summed E-state index contributed by atoms with van der Waals surface area (Å²) in [5.41, 5.74) is -0.226. The highest BCUT2D eigenvalue weighted by molar-refractivity contribution is 6.24. The number of nitrogens with zero attached hydrogens (tertiary/aromatic N) is 4. The summed E-state index contributed by atoms with van der Waals surface area (Å²) < 4.78 is 12.2. The van der Waals surface area contributed by atoms with E-state index in [1.807, 2.05) is 0 Å². The lowest BCUT2D eigenvalue weighted by Gasteiger charge is -2.26. The highest BCUT2D eigenvalue weighted by Gasteiger charge is 2.43. The number of Topliss-reactive ketones (excluding diaryl/α,β-unsaturated/α-hetero) is 2. The zero-order valence-corrected chi connectivity index (χ0v) is 19.0. The predicted molar refractivity (Wildman–Crippen MR) is 114 cm³/mol. The van der Waals surface area contributed by atoms with Crippen LogP contribution in [0.1, 0.15) is 35.8 Å². The minimum Gasteiger partial charge on any atom is -0.504 e. The van der Waals surface area contributed by atoms with E-state index in [0.29, 0.717) is 11.1 Å². The molecule has 0 aliphatic heterocycles. The Hall–Kier alpha value is -4.22. The van der Waals surface area contributed by atoms with Crippen molar-refractivity contribution in [3.05, 3.63) is 58.6 Å². The first-order valence-corrected chi connectivity index (χ1v) is 10.1. The van der Waals surface area contributed by atoms with Crippen LogP contribution >= 0.6 is 0 Å². The molecule has 1 aliphatic carbocycles. The molecule has 0 radical (unpaired) electrons. The van der Waals surface area contributed by atoms with Gasteiger partial charge in [-0.25, -0.2) is 0 Å². The van der Waals surface area contributed by atoms with E-state index < -0.39 is 70.8 Å². The van der Waals surface area contributed by atoms with Gasteiger partial charge in [0.1, 0.15) is 0 Å². The van der Waals surface area contributed by atoms with Crippen LogP contribution in [-0.2, 0) is 42.7 Å². The Labute approximate surface area is 194 Å². The van der Waals surface area contributed by atoms with E-state index in [-0.39, 0.29) is 0 Å². The number of esters is 2. The number of hydrogen-bond acceptors (Lipinski definition) is 10. The molecule has 0 amide bonds. The molecule has 2 aromatic heterocycles. The van der Waals surface area contributed by atoms with E-state index in [2.05, 4.69) is 10.2 Å². The van der Waals surface area contributed by atoms with Crippen molar-refractivity contribution in [3.63, 3.8) is 0 Å². The number of ether oxygens (including phenoxy) is 2. The van der Waals surface area contributed by atoms with Crippen molar-refractivity contribution in [1.29, 1.82) is 0 Å². The molecule has 2 N–H and O–H groups in total. The summed E-state index contributed by atoms with van der Waals surface area (Å²) in [4.78, 5) is 50.7. The van der Waals surface area contributed by atoms with Gasteiger partial charge in [0.25, 0.3) is 0 Å². The lowest BCUT2D eigenvalue weighted by atomic mass is 9.76. The molecule has 0 saturated carbocycles. The molecule has 34 heavy (non-hydrogen) atoms. The normalized spacial score (nSPS) is 16.0. The summed E-state index contributed by atoms with van der Waals surface area (Å²) in [6.45, 7) is 0. The average Bonchev–Trinajstić information content (AvgIpc) is 3.44. The molecule has 180 valence electrons. The van der Waals surface area contributed by atoms with Crippen LogP contribution in [0.5, 0.6) is 0 Å². The molecule has 2 heterocycles. The number of allylic oxidation sites excluding steroid dienone is 2. The Morgan fingerprint density at radius 1 is 0.824 bits per heavy atom. The van der Waals surface area contributed by atoms with E-state index in [0.717, 1.165) is 14.2 Å². The monoisotopic (exact) mass is 472 g/mol. The first-order valence-electron chi connectivity index (χ1n) is 10.1. The highest BCUT2D eigenvalue weighted by atomic mass is 16.5. The van der Waals surface area contributed by atoms with Crippen LogP contribution in [0.15, 0.2) is 47.5 Å². The SMILES string of the molecule is COC(=O)CC(C1=C(O)C(=O)C(C(CC(=O)OC)c2cnn(C)c2)=C(O)C1=O)c1cnn(C)c1. The van der Waals surface area contributed by atoms with Gasteiger partial charge in [-0.3, -0.25) is 28.5 Å². The average molecular weight is 472 g/mol. The Morgan fingerprint density at radius 3 is 1.44 bits per heavy atom. The predicted octanol–water partition coefficient (Wildman–Crippen LogP) is 0.923. The fourth-order valence-electron chi connectivity index (χ4n) is 3.87. The molecule has 3 rings (SSSR count). The summed E-state index contributed by atoms with van der Waals surface area (Å²) in [7, 11) is 5.54. The number of aliphatic hydroxyl groups is 2. The molecule has 2 aromatic rings. The first-order chi connectivity index (χ1) is 16.1. The molecule has 0 fully saturated rings. The first kappa shape index (κ1) is 24.4. The molecule has 0 spiro atoms. The van der Waals surface area contributed by atoms with E-state index in [4.69, 9.17) is 9.47 Å². The number of hydrogen-bond donors (Lipinski definition) is 2. The van der Waals surface area contributed by atoms with Crippen molar-refractivity contribution < 1.29 is 38.9 Å². The van der Waals surface area contributed by atoms with Crippen molar-refractivity contribution in [2.24, 2.45) is 14.1 Å². The van der Waals surface area contributed by atoms with Gasteiger partial charge in [0.2, 0.25) is 11.6 Å². The number of aromatic nitrogens is 4. The second kappa shape index (κ2) is 9.73. The van der Waals surface area contributed by atoms with Crippen LogP contribution in [-0.4, -0.2) is 67.5 Å². The minimum atomic E-state index is -1.11. The maximum absolute atomic E-state index is 13.3. The van der Waals surface area contributed by atoms with E-state index in [1.165, 1.54) is 34.2 Å². The van der Waals surface area contributed by atoms with Crippen molar-refractivity contribution in [3.8, 4) is 0 Å². The summed E-state index contributed by atoms with van der Waals surface area (Å²) >= 11 is 0. The van der Waals surface area contributed by atoms with Crippen LogP contribution in [0.3, 0.4) is 0 Å². The largest absolute Gasteiger partial charge is 0.504 e. The maximum Gasteiger partial charge on any atom is 0.306 e. The number of ketones is 2. The molecule has 0 aromatic carbocycles. The Morgan fingerprint density at radius 2 is 1.18 bits per heavy atom. The van der Waals surface area contributed by atoms with Gasteiger partial charge in [0.05, 0.1) is 50.6 Å². The number of aliphatic hydroxyl groups excluding tert-OH is 2. The fourth-order valence-corrected chi connectivity index (χ4v) is 3.87. The van der Waals surface area contributed by atoms with E-state index in [9.17, 15) is 29.4 Å². The van der Waals surface area contributed by atoms with E-state index >= 15 is 0 Å². The third-order valence-corrected chi connectivity index (χ3v) is 5.58. The third-order valence-electron chi connectivity index (χ3n) is 5.58. The van der Waals surface area contributed by atoms with E-state index in [1.54, 1.807) is 14.1 Å². The quantitative estimate of drug-likeness (QED) is 0.417. The molecule has 12 heteroatoms. The van der Waals surface area contributed by atoms with Gasteiger partial charge < -0.3 is 19.7 Å². The third kappa shape index (κ3) is 4.60. The zero-order valence-electron chi connectivity index (χ0n) is 19.0. The van der Waals surface area contributed by atoms with Crippen LogP contribution in [0.2, 0.25) is 0 Å². The highest BCUT2D eigenvalue weighted by Crippen LogP contribution is 2.40. The lowest BCUT2D eigenvalue weighted by molar-refractivity contribution is -0.142. The maximum atomic E-state index is 13.3. The van der Waals surface area contributed by atoms with Gasteiger partial charge in [-0.2, -0.15) is 10.2 Å². The van der Waals surface area contributed by atoms with Gasteiger partial charge in [0.15, 0.2) is 11.5 Å². The molecule has 0 saturated heterocycles. The number of methoxy groups -OCH3 is 2. The van der Waals surface area contributed by atoms with Crippen molar-refractivity contribution in [2.45, 2.75) is 24.7 Å². The molecule has 1 aliphatic rings. The molecule has 0 bridgehead atoms. The molecular weight excluding hydrogens is 448 g/mol. The fraction of sp³-hybridized carbons (Fsp3) is 0.364. The van der Waals surface area contributed by atoms with Crippen LogP contribution in [0.4, 0.5) is 0 Å². The topological polar surface area (TPSA) is 163 Å². The summed E-state index contributed by atoms with van der Waals surface area (Å²) in [6.07, 6.45) is 4.99. The standard InChI is InChI=1S/C22H24N4O8/c1-25-9-11(7-23-25)13(5-15(27)33-3)17-19(29)21(31)18(22(32)20(17)30)14(6-16(28)34-4)12-8-24-26(2)10-12/h7-10,13-14,29,32H,5-6H2,1-4H3. The number of aryl methyl sites for hydroxylation is 2. The van der Waals surface area contributed by atoms with Gasteiger partial charge in [-0.1, -0.05) is 0 Å². The van der Waals surface area contributed by atoms with Crippen LogP contribution in [0.25, 0.3) is 0 Å². The Kier molecular flexibility index (Phi) is 6.99. The number of rotatable bonds is 8. The molecular formula is C22H24N4O8. The van der Waals surface area contributed by atoms with Crippen LogP contribution < -0.4 is 0 Å². The number of carbonyl (C=O) groups is 4. The van der Waals surface area contributed by atoms with Crippen molar-refractivity contribution in [1.82, 2.24) is 19.6 Å². The zero-order chi connectivity index (χ0) is 25.2. The van der Waals surface area contributed by atoms with Gasteiger partial charge in [-0.15, -0.1) is 0 Å². The van der Waals surface area contributed by atoms with Crippen molar-refractivity contribution >= 4 is 23.5 Å². The summed E-state index contributed by atoms with van der Waals surface area (Å²) in [5, 5.41) is 29.7. The van der Waals surface area contributed by atoms with Gasteiger partial charge in [-0.05, 0) is 11.1 Å². The van der Waals surface area contributed by atoms with Gasteiger partial charge in [0, 0.05) is 38.3 Å². The summed E-state index contributed by atoms with van der Waals surface area (Å²) in [6, 6.07) is 0. The molecule has 12 nitrogen and oxygen atoms in total. The molecule has 2 unspecified atom stereocenters. The lowest BCUT2D eigenvalue weighted by Crippen LogP contribution is -2.31. The molecule has 2 atom stereocenters. The summed E-state index contributed by atoms with van der Waals surface area (Å²) in [5.74, 6) is -7.61. The minimum absolute atomic E-state index is 0.352. The Bertz CT molecular complexity index is 1120. The van der Waals surface area contributed by atoms with Crippen molar-refractivity contribution in [2.75, 3.05) is 14.2 Å². The Balaban J connectivity index is 2.12. The smallest absolute Gasteiger partial charge is 0.306 e. The second-order valence-electron chi connectivity index (χ2n) is 7.74. The number of carbonyl (C=O) groups excluding carboxylic acids is 4. The van der Waals surface area contributed by atoms with Gasteiger partial charge >= 0.3 is 11.9 Å². The second-order valence-corrected chi connectivity index (χ2v) is 7.74. The van der Waals surface area contributed by atoms with Crippen LogP contribution in [0, 0.1) is 0 Å².